The molecule has 0 saturated carbocycles. The zero-order chi connectivity index (χ0) is 73.4. The van der Waals surface area contributed by atoms with E-state index in [1.165, 1.54) is 6.33 Å². The Morgan fingerprint density at radius 3 is 1.72 bits per heavy atom. The van der Waals surface area contributed by atoms with E-state index in [2.05, 4.69) is 56.8 Å². The standard InChI is InChI=1S/C72H108N14O16S/c1-48(2)55(70(93)78-21-23-96-25-27-98-29-31-100-33-35-102-37-36-101-34-32-99-30-28-97-26-24-95-22-20-77-66(90)16-8-7-15-65-68-61(46-103-65)85-72(94)86-68)42-64(89)60(39-51-44-81-58-13-6-4-11-54(51)58)83-67(91)18-17-62(87)59(14-9-19-79-71(74)75)84-69(92)49(38-50-43-80-57-12-5-3-10-53(50)57)40-63(88)56(73)41-52-45-76-47-82-52/h3-6,10-13,43-45,47-49,55-56,59-61,65,68,80-81H,7-9,14-42,46,73H2,1-2H3,(H,76,82)(H,77,90)(H,78,93)(H,83,91)(H,84,92)(H4,74,75,79)(H2,85,86,94)/t49-,55+,56+,59+,60+,61+,65+,68+/m1/s1. The molecule has 103 heavy (non-hydrogen) atoms. The van der Waals surface area contributed by atoms with Crippen LogP contribution in [0.4, 0.5) is 4.79 Å². The Labute approximate surface area is 606 Å². The normalized spacial score (nSPS) is 16.3. The SMILES string of the molecule is CC(C)[C@H](CC(=O)[C@H](Cc1c[nH]c2ccccc12)NC(=O)CCC(=O)[C@H](CCCN=C(N)N)NC(=O)[C@@H](CC(=O)[C@@H](N)Cc1cnc[nH]1)Cc1c[nH]c2ccccc12)C(=O)NCCOCCOCCOCCOCCOCCOCCOCCOCCNC(=O)CCCC[C@@H]1SC[C@@H]2NC(=O)N[C@@H]21. The Morgan fingerprint density at radius 1 is 0.592 bits per heavy atom. The Balaban J connectivity index is 0.727. The summed E-state index contributed by atoms with van der Waals surface area (Å²) in [5, 5.41) is 19.7. The highest BCUT2D eigenvalue weighted by Crippen LogP contribution is 2.33. The van der Waals surface area contributed by atoms with E-state index in [-0.39, 0.29) is 131 Å². The van der Waals surface area contributed by atoms with Gasteiger partial charge in [-0.2, -0.15) is 11.8 Å². The number of carbonyl (C=O) groups is 8. The number of H-pyrrole nitrogens is 3. The summed E-state index contributed by atoms with van der Waals surface area (Å²) in [6.07, 6.45) is 9.69. The summed E-state index contributed by atoms with van der Waals surface area (Å²) in [5.74, 6) is -3.76. The van der Waals surface area contributed by atoms with Crippen LogP contribution in [0, 0.1) is 17.8 Å². The third-order valence-corrected chi connectivity index (χ3v) is 19.3. The highest BCUT2D eigenvalue weighted by atomic mass is 32.2. The number of nitrogens with two attached hydrogens (primary N) is 3. The number of para-hydroxylation sites is 2. The number of aromatic amines is 3. The molecule has 0 bridgehead atoms. The summed E-state index contributed by atoms with van der Waals surface area (Å²) in [7, 11) is 0. The number of urea groups is 1. The summed E-state index contributed by atoms with van der Waals surface area (Å²) in [4.78, 5) is 126. The summed E-state index contributed by atoms with van der Waals surface area (Å²) >= 11 is 1.89. The predicted octanol–water partition coefficient (Wildman–Crippen LogP) is 3.00. The van der Waals surface area contributed by atoms with Crippen molar-refractivity contribution in [2.45, 2.75) is 133 Å². The number of imidazole rings is 1. The molecule has 6 amide bonds. The van der Waals surface area contributed by atoms with Crippen LogP contribution in [0.15, 0.2) is 78.4 Å². The molecule has 7 rings (SSSR count). The number of fused-ring (bicyclic) bond motifs is 3. The van der Waals surface area contributed by atoms with E-state index >= 15 is 0 Å². The number of aromatic nitrogens is 4. The molecule has 30 nitrogen and oxygen atoms in total. The zero-order valence-corrected chi connectivity index (χ0v) is 60.3. The Hall–Kier alpha value is -7.85. The topological polar surface area (TPSA) is 433 Å². The number of ketones is 3. The van der Waals surface area contributed by atoms with E-state index < -0.39 is 47.6 Å². The van der Waals surface area contributed by atoms with Gasteiger partial charge in [-0.1, -0.05) is 56.7 Å². The van der Waals surface area contributed by atoms with Crippen molar-refractivity contribution < 1.29 is 76.3 Å². The summed E-state index contributed by atoms with van der Waals surface area (Å²) < 4.78 is 44.7. The molecule has 568 valence electrons. The number of benzene rings is 2. The Kier molecular flexibility index (Phi) is 37.4. The minimum absolute atomic E-state index is 0.0185. The fraction of sp³-hybridized carbons (Fsp3) is 0.611. The fourth-order valence-corrected chi connectivity index (χ4v) is 13.7. The van der Waals surface area contributed by atoms with E-state index in [1.54, 1.807) is 18.6 Å². The van der Waals surface area contributed by atoms with Crippen molar-refractivity contribution in [3.05, 3.63) is 90.3 Å². The van der Waals surface area contributed by atoms with Gasteiger partial charge in [-0.25, -0.2) is 9.78 Å². The first-order valence-corrected chi connectivity index (χ1v) is 37.0. The zero-order valence-electron chi connectivity index (χ0n) is 59.5. The molecule has 0 unspecified atom stereocenters. The summed E-state index contributed by atoms with van der Waals surface area (Å²) in [5.41, 5.74) is 21.5. The maximum atomic E-state index is 14.5. The van der Waals surface area contributed by atoms with Gasteiger partial charge in [0.25, 0.3) is 0 Å². The number of unbranched alkanes of at least 4 members (excludes halogenated alkanes) is 1. The van der Waals surface area contributed by atoms with Crippen molar-refractivity contribution in [3.63, 3.8) is 0 Å². The van der Waals surface area contributed by atoms with Gasteiger partial charge in [0.05, 0.1) is 142 Å². The number of aliphatic imine (C=N–C) groups is 1. The maximum Gasteiger partial charge on any atom is 0.315 e. The first-order chi connectivity index (χ1) is 50.0. The smallest absolute Gasteiger partial charge is 0.315 e. The minimum atomic E-state index is -1.09. The number of hydrogen-bond donors (Lipinski definition) is 12. The minimum Gasteiger partial charge on any atom is -0.377 e. The molecule has 2 aliphatic rings. The second kappa shape index (κ2) is 46.8. The van der Waals surface area contributed by atoms with Crippen LogP contribution in [0.5, 0.6) is 0 Å². The second-order valence-electron chi connectivity index (χ2n) is 25.9. The molecular formula is C72H108N14O16S. The van der Waals surface area contributed by atoms with Crippen LogP contribution >= 0.6 is 11.8 Å². The maximum absolute atomic E-state index is 14.5. The molecule has 0 spiro atoms. The molecular weight excluding hydrogens is 1350 g/mol. The number of nitrogens with one attached hydrogen (secondary N) is 9. The van der Waals surface area contributed by atoms with Crippen LogP contribution in [0.3, 0.4) is 0 Å². The Bertz CT molecular complexity index is 3400. The van der Waals surface area contributed by atoms with Crippen LogP contribution in [-0.2, 0) is 90.7 Å². The first-order valence-electron chi connectivity index (χ1n) is 35.9. The molecule has 31 heteroatoms. The molecule has 5 heterocycles. The molecule has 2 aromatic carbocycles. The molecule has 2 fully saturated rings. The number of guanidine groups is 1. The number of amides is 6. The van der Waals surface area contributed by atoms with Crippen LogP contribution in [0.1, 0.15) is 94.9 Å². The lowest BCUT2D eigenvalue weighted by Gasteiger charge is -2.24. The van der Waals surface area contributed by atoms with Gasteiger partial charge in [-0.05, 0) is 61.3 Å². The van der Waals surface area contributed by atoms with Crippen molar-refractivity contribution >= 4 is 86.5 Å². The number of rotatable bonds is 57. The number of ether oxygens (including phenoxy) is 8. The molecule has 15 N–H and O–H groups in total. The summed E-state index contributed by atoms with van der Waals surface area (Å²) in [6, 6.07) is 12.4. The van der Waals surface area contributed by atoms with E-state index in [0.29, 0.717) is 123 Å². The lowest BCUT2D eigenvalue weighted by atomic mass is 9.86. The van der Waals surface area contributed by atoms with Crippen molar-refractivity contribution in [1.82, 2.24) is 51.8 Å². The number of nitrogens with zero attached hydrogens (tertiary/aromatic N) is 2. The highest BCUT2D eigenvalue weighted by molar-refractivity contribution is 8.00. The third-order valence-electron chi connectivity index (χ3n) is 17.8. The van der Waals surface area contributed by atoms with Crippen LogP contribution in [-0.4, -0.2) is 239 Å². The Morgan fingerprint density at radius 2 is 1.16 bits per heavy atom. The van der Waals surface area contributed by atoms with E-state index in [9.17, 15) is 38.4 Å². The van der Waals surface area contributed by atoms with Gasteiger partial charge >= 0.3 is 6.03 Å². The quantitative estimate of drug-likeness (QED) is 0.0115. The molecule has 0 aliphatic carbocycles. The van der Waals surface area contributed by atoms with Gasteiger partial charge in [-0.3, -0.25) is 38.6 Å². The lowest BCUT2D eigenvalue weighted by Crippen LogP contribution is -2.47. The van der Waals surface area contributed by atoms with E-state index in [0.717, 1.165) is 57.9 Å². The van der Waals surface area contributed by atoms with Gasteiger partial charge in [-0.15, -0.1) is 0 Å². The van der Waals surface area contributed by atoms with E-state index in [1.807, 2.05) is 74.1 Å². The number of carbonyl (C=O) groups excluding carboxylic acids is 8. The molecule has 3 aromatic heterocycles. The monoisotopic (exact) mass is 1460 g/mol. The summed E-state index contributed by atoms with van der Waals surface area (Å²) in [6.45, 7) is 10.6. The van der Waals surface area contributed by atoms with Gasteiger partial charge in [0, 0.05) is 134 Å². The largest absolute Gasteiger partial charge is 0.377 e. The molecule has 8 atom stereocenters. The highest BCUT2D eigenvalue weighted by Gasteiger charge is 2.42. The van der Waals surface area contributed by atoms with Crippen LogP contribution in [0.2, 0.25) is 0 Å². The van der Waals surface area contributed by atoms with Gasteiger partial charge in [0.15, 0.2) is 23.3 Å². The fourth-order valence-electron chi connectivity index (χ4n) is 12.1. The predicted molar refractivity (Wildman–Crippen MR) is 390 cm³/mol. The van der Waals surface area contributed by atoms with Crippen molar-refractivity contribution in [1.29, 1.82) is 0 Å². The van der Waals surface area contributed by atoms with Gasteiger partial charge < -0.3 is 102 Å². The van der Waals surface area contributed by atoms with E-state index in [4.69, 9.17) is 55.1 Å². The molecule has 5 aromatic rings. The second-order valence-corrected chi connectivity index (χ2v) is 27.2. The van der Waals surface area contributed by atoms with Crippen LogP contribution < -0.4 is 49.1 Å². The van der Waals surface area contributed by atoms with Gasteiger partial charge in [0.2, 0.25) is 23.6 Å². The average Bonchev–Trinajstić information content (AvgIpc) is 1.71. The lowest BCUT2D eigenvalue weighted by molar-refractivity contribution is -0.134. The van der Waals surface area contributed by atoms with Gasteiger partial charge in [0.1, 0.15) is 0 Å². The molecule has 0 radical (unpaired) electrons. The molecule has 2 saturated heterocycles. The average molecular weight is 1460 g/mol. The van der Waals surface area contributed by atoms with Crippen molar-refractivity contribution in [2.75, 3.05) is 131 Å². The number of hydrogen-bond acceptors (Lipinski definition) is 20. The first kappa shape index (κ1) is 82.4. The number of thioether (sulfide) groups is 1. The third kappa shape index (κ3) is 30.4. The number of Topliss-reactive ketones (excluding diaryl/α,β-unsaturated/α-hetero) is 3. The van der Waals surface area contributed by atoms with Crippen molar-refractivity contribution in [3.8, 4) is 0 Å². The van der Waals surface area contributed by atoms with Crippen molar-refractivity contribution in [2.24, 2.45) is 39.9 Å². The van der Waals surface area contributed by atoms with Crippen LogP contribution in [0.25, 0.3) is 21.8 Å². The molecule has 2 aliphatic heterocycles.